The summed E-state index contributed by atoms with van der Waals surface area (Å²) in [5.41, 5.74) is 1.05. The van der Waals surface area contributed by atoms with E-state index in [4.69, 9.17) is 4.74 Å². The average molecular weight is 398 g/mol. The van der Waals surface area contributed by atoms with E-state index in [1.54, 1.807) is 0 Å². The molecule has 1 atom stereocenters. The highest BCUT2D eigenvalue weighted by molar-refractivity contribution is 5.28. The number of likely N-dealkylation sites (N-methyl/N-ethyl adjacent to an activating group) is 1. The predicted octanol–water partition coefficient (Wildman–Crippen LogP) is 2.29. The molecule has 158 valence electrons. The molecule has 1 aromatic carbocycles. The summed E-state index contributed by atoms with van der Waals surface area (Å²) in [6.07, 6.45) is -0.662. The molecule has 0 aliphatic carbocycles. The highest BCUT2D eigenvalue weighted by Gasteiger charge is 2.33. The number of piperazine rings is 1. The van der Waals surface area contributed by atoms with Crippen molar-refractivity contribution < 1.29 is 18.6 Å². The fraction of sp³-hybridized carbons (Fsp3) is 0.714. The van der Waals surface area contributed by atoms with Gasteiger partial charge in [-0.3, -0.25) is 9.80 Å². The molecule has 0 unspecified atom stereocenters. The van der Waals surface area contributed by atoms with Crippen molar-refractivity contribution in [3.05, 3.63) is 29.8 Å². The molecule has 0 radical (unpaired) electrons. The second-order valence-electron chi connectivity index (χ2n) is 7.98. The summed E-state index contributed by atoms with van der Waals surface area (Å²) in [5.74, 6) is -1.80. The molecule has 0 saturated carbocycles. The first-order valence-corrected chi connectivity index (χ1v) is 10.4. The van der Waals surface area contributed by atoms with Crippen LogP contribution >= 0.6 is 0 Å². The Morgan fingerprint density at radius 1 is 1.04 bits per heavy atom. The molecule has 0 bridgehead atoms. The van der Waals surface area contributed by atoms with E-state index >= 15 is 0 Å². The van der Waals surface area contributed by atoms with Gasteiger partial charge < -0.3 is 14.7 Å². The van der Waals surface area contributed by atoms with Crippen molar-refractivity contribution in [3.63, 3.8) is 0 Å². The van der Waals surface area contributed by atoms with Crippen molar-refractivity contribution in [2.24, 2.45) is 0 Å². The number of β-amino-alcohol motifs (C(OH)–C–C–N with tert-alkyl or cyclic N) is 1. The molecule has 2 aliphatic rings. The molecule has 28 heavy (non-hydrogen) atoms. The number of likely N-dealkylation sites (tertiary alicyclic amines) is 1. The Kier molecular flexibility index (Phi) is 7.62. The number of rotatable bonds is 8. The molecule has 1 N–H and O–H groups in total. The smallest absolute Gasteiger partial charge is 0.250 e. The number of hydrogen-bond donors (Lipinski definition) is 1. The third kappa shape index (κ3) is 6.65. The molecule has 0 spiro atoms. The zero-order valence-corrected chi connectivity index (χ0v) is 16.8. The zero-order valence-electron chi connectivity index (χ0n) is 16.8. The van der Waals surface area contributed by atoms with E-state index < -0.39 is 12.0 Å². The van der Waals surface area contributed by atoms with Crippen molar-refractivity contribution in [3.8, 4) is 5.75 Å². The van der Waals surface area contributed by atoms with E-state index in [-0.39, 0.29) is 19.4 Å². The first-order chi connectivity index (χ1) is 13.4. The number of ether oxygens (including phenoxy) is 1. The largest absolute Gasteiger partial charge is 0.491 e. The van der Waals surface area contributed by atoms with Crippen molar-refractivity contribution in [1.29, 1.82) is 0 Å². The first-order valence-electron chi connectivity index (χ1n) is 10.4. The van der Waals surface area contributed by atoms with Crippen LogP contribution in [0.2, 0.25) is 0 Å². The normalized spacial score (nSPS) is 22.9. The van der Waals surface area contributed by atoms with Gasteiger partial charge in [0, 0.05) is 65.2 Å². The van der Waals surface area contributed by atoms with Crippen LogP contribution in [0, 0.1) is 0 Å². The van der Waals surface area contributed by atoms with Crippen molar-refractivity contribution >= 4 is 0 Å². The van der Waals surface area contributed by atoms with Gasteiger partial charge in [0.05, 0.1) is 0 Å². The molecule has 7 heteroatoms. The molecular formula is C21H33F2N3O2. The summed E-state index contributed by atoms with van der Waals surface area (Å²) in [7, 11) is 0. The monoisotopic (exact) mass is 397 g/mol. The Morgan fingerprint density at radius 3 is 2.39 bits per heavy atom. The van der Waals surface area contributed by atoms with Crippen LogP contribution in [0.25, 0.3) is 0 Å². The summed E-state index contributed by atoms with van der Waals surface area (Å²) >= 11 is 0. The quantitative estimate of drug-likeness (QED) is 0.729. The highest BCUT2D eigenvalue weighted by atomic mass is 19.3. The van der Waals surface area contributed by atoms with Gasteiger partial charge in [-0.1, -0.05) is 19.1 Å². The molecule has 2 saturated heterocycles. The predicted molar refractivity (Wildman–Crippen MR) is 106 cm³/mol. The van der Waals surface area contributed by atoms with Gasteiger partial charge in [0.1, 0.15) is 18.5 Å². The number of piperidine rings is 1. The summed E-state index contributed by atoms with van der Waals surface area (Å²) in [5, 5.41) is 10.3. The lowest BCUT2D eigenvalue weighted by molar-refractivity contribution is -0.0566. The summed E-state index contributed by atoms with van der Waals surface area (Å²) < 4.78 is 32.4. The topological polar surface area (TPSA) is 39.2 Å². The molecule has 3 rings (SSSR count). The summed E-state index contributed by atoms with van der Waals surface area (Å²) in [6.45, 7) is 9.69. The lowest BCUT2D eigenvalue weighted by Gasteiger charge is -2.34. The van der Waals surface area contributed by atoms with Gasteiger partial charge in [-0.05, 0) is 24.2 Å². The third-order valence-corrected chi connectivity index (χ3v) is 5.72. The van der Waals surface area contributed by atoms with E-state index in [9.17, 15) is 13.9 Å². The number of benzene rings is 1. The molecule has 0 amide bonds. The Bertz CT molecular complexity index is 599. The zero-order chi connectivity index (χ0) is 20.0. The van der Waals surface area contributed by atoms with Crippen molar-refractivity contribution in [2.75, 3.05) is 59.0 Å². The minimum Gasteiger partial charge on any atom is -0.491 e. The molecule has 2 heterocycles. The van der Waals surface area contributed by atoms with E-state index in [1.807, 2.05) is 24.3 Å². The van der Waals surface area contributed by atoms with Gasteiger partial charge in [-0.2, -0.15) is 0 Å². The van der Waals surface area contributed by atoms with E-state index in [0.717, 1.165) is 44.0 Å². The van der Waals surface area contributed by atoms with Gasteiger partial charge in [-0.15, -0.1) is 0 Å². The number of alkyl halides is 2. The van der Waals surface area contributed by atoms with Crippen LogP contribution in [-0.2, 0) is 6.54 Å². The van der Waals surface area contributed by atoms with Gasteiger partial charge in [0.15, 0.2) is 0 Å². The van der Waals surface area contributed by atoms with Crippen molar-refractivity contribution in [2.45, 2.75) is 38.3 Å². The van der Waals surface area contributed by atoms with E-state index in [0.29, 0.717) is 26.2 Å². The second kappa shape index (κ2) is 9.96. The highest BCUT2D eigenvalue weighted by Crippen LogP contribution is 2.28. The second-order valence-corrected chi connectivity index (χ2v) is 7.98. The Labute approximate surface area is 166 Å². The molecule has 2 fully saturated rings. The lowest BCUT2D eigenvalue weighted by Crippen LogP contribution is -2.49. The van der Waals surface area contributed by atoms with Crippen LogP contribution in [0.3, 0.4) is 0 Å². The Balaban J connectivity index is 1.40. The number of nitrogens with zero attached hydrogens (tertiary/aromatic N) is 3. The van der Waals surface area contributed by atoms with Crippen LogP contribution in [0.4, 0.5) is 8.78 Å². The maximum absolute atomic E-state index is 13.3. The molecule has 0 aromatic heterocycles. The minimum absolute atomic E-state index is 0.0676. The first kappa shape index (κ1) is 21.4. The van der Waals surface area contributed by atoms with Crippen LogP contribution in [-0.4, -0.2) is 90.8 Å². The van der Waals surface area contributed by atoms with E-state index in [2.05, 4.69) is 21.6 Å². The summed E-state index contributed by atoms with van der Waals surface area (Å²) in [6, 6.07) is 7.73. The average Bonchev–Trinajstić information content (AvgIpc) is 2.69. The number of aliphatic hydroxyl groups is 1. The van der Waals surface area contributed by atoms with Crippen molar-refractivity contribution in [1.82, 2.24) is 14.7 Å². The maximum atomic E-state index is 13.3. The third-order valence-electron chi connectivity index (χ3n) is 5.72. The van der Waals surface area contributed by atoms with Gasteiger partial charge >= 0.3 is 0 Å². The van der Waals surface area contributed by atoms with Crippen LogP contribution < -0.4 is 4.74 Å². The van der Waals surface area contributed by atoms with Gasteiger partial charge in [-0.25, -0.2) is 8.78 Å². The number of hydrogen-bond acceptors (Lipinski definition) is 5. The van der Waals surface area contributed by atoms with Crippen LogP contribution in [0.1, 0.15) is 25.3 Å². The fourth-order valence-corrected chi connectivity index (χ4v) is 3.86. The maximum Gasteiger partial charge on any atom is 0.250 e. The lowest BCUT2D eigenvalue weighted by atomic mass is 10.1. The standard InChI is InChI=1S/C21H33F2N3O2/c1-2-24-10-12-26(13-11-24)16-19(27)17-28-20-5-3-4-18(14-20)15-25-8-6-21(22,23)7-9-25/h3-5,14,19,27H,2,6-13,15-17H2,1H3/t19-/m1/s1. The number of aliphatic hydroxyl groups excluding tert-OH is 1. The fourth-order valence-electron chi connectivity index (χ4n) is 3.86. The molecule has 5 nitrogen and oxygen atoms in total. The van der Waals surface area contributed by atoms with Gasteiger partial charge in [0.25, 0.3) is 5.92 Å². The summed E-state index contributed by atoms with van der Waals surface area (Å²) in [4.78, 5) is 6.75. The van der Waals surface area contributed by atoms with Crippen LogP contribution in [0.15, 0.2) is 24.3 Å². The molecular weight excluding hydrogens is 364 g/mol. The van der Waals surface area contributed by atoms with Gasteiger partial charge in [0.2, 0.25) is 0 Å². The van der Waals surface area contributed by atoms with E-state index in [1.165, 1.54) is 0 Å². The number of halogens is 2. The molecule has 1 aromatic rings. The Hall–Kier alpha value is -1.28. The Morgan fingerprint density at radius 2 is 1.71 bits per heavy atom. The van der Waals surface area contributed by atoms with Crippen LogP contribution in [0.5, 0.6) is 5.75 Å². The SMILES string of the molecule is CCN1CCN(C[C@@H](O)COc2cccc(CN3CCC(F)(F)CC3)c2)CC1. The minimum atomic E-state index is -2.51. The molecule has 2 aliphatic heterocycles.